The van der Waals surface area contributed by atoms with Crippen molar-refractivity contribution in [1.82, 2.24) is 0 Å². The van der Waals surface area contributed by atoms with E-state index in [1.54, 1.807) is 0 Å². The van der Waals surface area contributed by atoms with E-state index < -0.39 is 58.2 Å². The average molecular weight is 475 g/mol. The Bertz CT molecular complexity index is 1130. The monoisotopic (exact) mass is 475 g/mol. The highest BCUT2D eigenvalue weighted by Gasteiger charge is 2.39. The highest BCUT2D eigenvalue weighted by molar-refractivity contribution is 6.15. The molecule has 0 aliphatic carbocycles. The van der Waals surface area contributed by atoms with Crippen molar-refractivity contribution in [2.45, 2.75) is 32.7 Å². The predicted octanol–water partition coefficient (Wildman–Crippen LogP) is 5.36. The summed E-state index contributed by atoms with van der Waals surface area (Å²) in [6.07, 6.45) is -4.18. The van der Waals surface area contributed by atoms with Crippen molar-refractivity contribution in [2.24, 2.45) is 0 Å². The van der Waals surface area contributed by atoms with Crippen molar-refractivity contribution in [2.75, 3.05) is 5.32 Å². The number of carbonyl (C=O) groups excluding carboxylic acids is 2. The SMILES string of the molecule is Cc1cc(F)c(NC=C2C(=O)OC(C)(C)OC2=O)cc1Oc1c(F)cc(C(F)(F)F)cc1F. The molecule has 0 bridgehead atoms. The summed E-state index contributed by atoms with van der Waals surface area (Å²) in [5.41, 5.74) is -2.48. The lowest BCUT2D eigenvalue weighted by Gasteiger charge is -2.29. The van der Waals surface area contributed by atoms with Crippen molar-refractivity contribution in [3.63, 3.8) is 0 Å². The Morgan fingerprint density at radius 1 is 0.939 bits per heavy atom. The van der Waals surface area contributed by atoms with Crippen LogP contribution >= 0.6 is 0 Å². The molecule has 1 fully saturated rings. The van der Waals surface area contributed by atoms with E-state index in [-0.39, 0.29) is 29.1 Å². The second-order valence-corrected chi connectivity index (χ2v) is 7.35. The molecular formula is C21H15F6NO5. The Morgan fingerprint density at radius 2 is 1.48 bits per heavy atom. The van der Waals surface area contributed by atoms with E-state index in [1.807, 2.05) is 0 Å². The molecule has 2 aromatic carbocycles. The first-order valence-corrected chi connectivity index (χ1v) is 9.15. The molecule has 176 valence electrons. The van der Waals surface area contributed by atoms with Crippen LogP contribution in [0.2, 0.25) is 0 Å². The van der Waals surface area contributed by atoms with Crippen LogP contribution in [0.25, 0.3) is 0 Å². The molecule has 0 radical (unpaired) electrons. The van der Waals surface area contributed by atoms with Gasteiger partial charge >= 0.3 is 18.1 Å². The zero-order valence-corrected chi connectivity index (χ0v) is 17.2. The van der Waals surface area contributed by atoms with Gasteiger partial charge in [-0.3, -0.25) is 0 Å². The van der Waals surface area contributed by atoms with Crippen LogP contribution in [0.1, 0.15) is 25.0 Å². The first-order valence-electron chi connectivity index (χ1n) is 9.15. The smallest absolute Gasteiger partial charge is 0.416 e. The number of alkyl halides is 3. The molecule has 1 saturated heterocycles. The number of esters is 2. The second-order valence-electron chi connectivity index (χ2n) is 7.35. The molecule has 0 unspecified atom stereocenters. The average Bonchev–Trinajstić information content (AvgIpc) is 2.64. The van der Waals surface area contributed by atoms with E-state index in [0.717, 1.165) is 18.3 Å². The summed E-state index contributed by atoms with van der Waals surface area (Å²) in [4.78, 5) is 23.9. The Hall–Kier alpha value is -3.70. The fourth-order valence-electron chi connectivity index (χ4n) is 2.73. The minimum atomic E-state index is -4.98. The van der Waals surface area contributed by atoms with Crippen LogP contribution in [0.3, 0.4) is 0 Å². The highest BCUT2D eigenvalue weighted by atomic mass is 19.4. The van der Waals surface area contributed by atoms with E-state index in [4.69, 9.17) is 14.2 Å². The van der Waals surface area contributed by atoms with E-state index in [2.05, 4.69) is 5.32 Å². The Balaban J connectivity index is 1.90. The number of ether oxygens (including phenoxy) is 3. The minimum absolute atomic E-state index is 0.0441. The second kappa shape index (κ2) is 8.34. The maximum Gasteiger partial charge on any atom is 0.416 e. The number of benzene rings is 2. The quantitative estimate of drug-likeness (QED) is 0.278. The number of anilines is 1. The topological polar surface area (TPSA) is 73.9 Å². The van der Waals surface area contributed by atoms with Gasteiger partial charge in [0.25, 0.3) is 5.79 Å². The van der Waals surface area contributed by atoms with Crippen molar-refractivity contribution >= 4 is 17.6 Å². The number of halogens is 6. The first kappa shape index (κ1) is 24.0. The molecule has 1 heterocycles. The van der Waals surface area contributed by atoms with E-state index >= 15 is 0 Å². The molecule has 2 aromatic rings. The lowest BCUT2D eigenvalue weighted by atomic mass is 10.1. The van der Waals surface area contributed by atoms with Crippen LogP contribution in [0.5, 0.6) is 11.5 Å². The highest BCUT2D eigenvalue weighted by Crippen LogP contribution is 2.37. The minimum Gasteiger partial charge on any atom is -0.451 e. The number of cyclic esters (lactones) is 2. The third kappa shape index (κ3) is 5.21. The van der Waals surface area contributed by atoms with Crippen molar-refractivity contribution in [3.8, 4) is 11.5 Å². The third-order valence-corrected chi connectivity index (χ3v) is 4.29. The fourth-order valence-corrected chi connectivity index (χ4v) is 2.73. The number of nitrogens with one attached hydrogen (secondary N) is 1. The van der Waals surface area contributed by atoms with Crippen LogP contribution in [-0.2, 0) is 25.2 Å². The zero-order chi connectivity index (χ0) is 24.7. The van der Waals surface area contributed by atoms with Gasteiger partial charge in [-0.05, 0) is 30.7 Å². The van der Waals surface area contributed by atoms with Crippen LogP contribution in [0, 0.1) is 24.4 Å². The number of carbonyl (C=O) groups is 2. The van der Waals surface area contributed by atoms with Crippen molar-refractivity contribution in [1.29, 1.82) is 0 Å². The number of hydrogen-bond acceptors (Lipinski definition) is 6. The van der Waals surface area contributed by atoms with Gasteiger partial charge in [0.1, 0.15) is 11.6 Å². The summed E-state index contributed by atoms with van der Waals surface area (Å²) < 4.78 is 95.5. The molecule has 0 amide bonds. The maximum atomic E-state index is 14.3. The van der Waals surface area contributed by atoms with Gasteiger partial charge in [0.15, 0.2) is 23.0 Å². The predicted molar refractivity (Wildman–Crippen MR) is 101 cm³/mol. The van der Waals surface area contributed by atoms with Gasteiger partial charge in [-0.25, -0.2) is 22.8 Å². The zero-order valence-electron chi connectivity index (χ0n) is 17.2. The van der Waals surface area contributed by atoms with Gasteiger partial charge < -0.3 is 19.5 Å². The third-order valence-electron chi connectivity index (χ3n) is 4.29. The Kier molecular flexibility index (Phi) is 6.05. The molecule has 0 aromatic heterocycles. The van der Waals surface area contributed by atoms with Gasteiger partial charge in [0.05, 0.1) is 11.3 Å². The summed E-state index contributed by atoms with van der Waals surface area (Å²) in [6, 6.07) is 1.95. The molecule has 0 saturated carbocycles. The van der Waals surface area contributed by atoms with Crippen LogP contribution in [0.4, 0.5) is 32.0 Å². The lowest BCUT2D eigenvalue weighted by Crippen LogP contribution is -2.42. The largest absolute Gasteiger partial charge is 0.451 e. The molecule has 0 spiro atoms. The summed E-state index contributed by atoms with van der Waals surface area (Å²) in [7, 11) is 0. The number of aryl methyl sites for hydroxylation is 1. The summed E-state index contributed by atoms with van der Waals surface area (Å²) in [6.45, 7) is 3.98. The first-order chi connectivity index (χ1) is 15.2. The maximum absolute atomic E-state index is 14.3. The number of hydrogen-bond donors (Lipinski definition) is 1. The van der Waals surface area contributed by atoms with Gasteiger partial charge in [0.2, 0.25) is 0 Å². The fraction of sp³-hybridized carbons (Fsp3) is 0.238. The van der Waals surface area contributed by atoms with Crippen LogP contribution in [0.15, 0.2) is 36.0 Å². The molecule has 33 heavy (non-hydrogen) atoms. The standard InChI is InChI=1S/C21H15F6NO5/c1-9-4-12(22)15(28-8-11-18(29)32-20(2,3)33-19(11)30)7-16(9)31-17-13(23)5-10(6-14(17)24)21(25,26)27/h4-8,28H,1-3H3. The van der Waals surface area contributed by atoms with Crippen molar-refractivity contribution in [3.05, 3.63) is 64.6 Å². The molecule has 0 atom stereocenters. The normalized spacial score (nSPS) is 15.6. The van der Waals surface area contributed by atoms with Gasteiger partial charge in [-0.1, -0.05) is 0 Å². The molecule has 12 heteroatoms. The molecule has 3 rings (SSSR count). The van der Waals surface area contributed by atoms with Gasteiger partial charge in [-0.15, -0.1) is 0 Å². The van der Waals surface area contributed by atoms with Crippen LogP contribution in [-0.4, -0.2) is 17.7 Å². The summed E-state index contributed by atoms with van der Waals surface area (Å²) in [5.74, 6) is -9.17. The van der Waals surface area contributed by atoms with E-state index in [9.17, 15) is 35.9 Å². The number of rotatable bonds is 4. The summed E-state index contributed by atoms with van der Waals surface area (Å²) in [5, 5.41) is 2.33. The van der Waals surface area contributed by atoms with Crippen LogP contribution < -0.4 is 10.1 Å². The lowest BCUT2D eigenvalue weighted by molar-refractivity contribution is -0.222. The van der Waals surface area contributed by atoms with Gasteiger partial charge in [0, 0.05) is 26.1 Å². The van der Waals surface area contributed by atoms with Crippen molar-refractivity contribution < 1.29 is 50.1 Å². The molecule has 1 N–H and O–H groups in total. The van der Waals surface area contributed by atoms with E-state index in [1.165, 1.54) is 20.8 Å². The Labute approximate surface area is 182 Å². The van der Waals surface area contributed by atoms with E-state index in [0.29, 0.717) is 0 Å². The Morgan fingerprint density at radius 3 is 2.00 bits per heavy atom. The molecule has 1 aliphatic rings. The summed E-state index contributed by atoms with van der Waals surface area (Å²) >= 11 is 0. The molecular weight excluding hydrogens is 460 g/mol. The molecule has 6 nitrogen and oxygen atoms in total. The molecule has 1 aliphatic heterocycles. The van der Waals surface area contributed by atoms with Gasteiger partial charge in [-0.2, -0.15) is 13.2 Å².